The molecule has 2 aromatic rings. The number of aliphatic hydroxyl groups excluding tert-OH is 2. The molecule has 298 valence electrons. The van der Waals surface area contributed by atoms with Gasteiger partial charge in [0.25, 0.3) is 0 Å². The van der Waals surface area contributed by atoms with E-state index in [4.69, 9.17) is 30.5 Å². The van der Waals surface area contributed by atoms with Crippen LogP contribution in [-0.4, -0.2) is 67.7 Å². The highest BCUT2D eigenvalue weighted by atomic mass is 16.4. The molecule has 0 saturated heterocycles. The zero-order chi connectivity index (χ0) is 37.5. The lowest BCUT2D eigenvalue weighted by molar-refractivity contribution is -0.127. The van der Waals surface area contributed by atoms with Gasteiger partial charge in [-0.15, -0.1) is 10.2 Å². The number of nitrogens with zero attached hydrogens (tertiary/aromatic N) is 4. The highest BCUT2D eigenvalue weighted by Gasteiger charge is 2.16. The molecule has 14 nitrogen and oxygen atoms in total. The molecule has 0 saturated carbocycles. The number of hydrogen-bond acceptors (Lipinski definition) is 12. The summed E-state index contributed by atoms with van der Waals surface area (Å²) in [4.78, 5) is 26.1. The number of nitrogens with two attached hydrogens (primary N) is 2. The molecule has 2 unspecified atom stereocenters. The summed E-state index contributed by atoms with van der Waals surface area (Å²) in [5.74, 6) is 1.06. The Bertz CT molecular complexity index is 1070. The van der Waals surface area contributed by atoms with Crippen LogP contribution in [0.3, 0.4) is 0 Å². The molecule has 0 bridgehead atoms. The first kappa shape index (κ1) is 44.9. The lowest BCUT2D eigenvalue weighted by atomic mass is 9.99. The Morgan fingerprint density at radius 2 is 0.788 bits per heavy atom. The molecule has 2 aromatic heterocycles. The maximum Gasteiger partial charge on any atom is 0.312 e. The second kappa shape index (κ2) is 30.2. The number of nitrogens with one attached hydrogen (secondary N) is 2. The van der Waals surface area contributed by atoms with Crippen molar-refractivity contribution in [3.63, 3.8) is 0 Å². The van der Waals surface area contributed by atoms with Crippen molar-refractivity contribution in [1.82, 2.24) is 31.0 Å². The van der Waals surface area contributed by atoms with Gasteiger partial charge in [-0.3, -0.25) is 9.59 Å². The summed E-state index contributed by atoms with van der Waals surface area (Å²) in [6.07, 6.45) is 26.3. The SMILES string of the molecule is Nc1nnc(CCCCCCCC(CCCCCCCO)NC(=O)CCC(=O)NC(CCCCCCCO)CCCCCCCc2nnc(N)o2)o1. The topological polar surface area (TPSA) is 229 Å². The molecule has 52 heavy (non-hydrogen) atoms. The first-order chi connectivity index (χ1) is 25.4. The van der Waals surface area contributed by atoms with Crippen molar-refractivity contribution in [3.05, 3.63) is 11.8 Å². The van der Waals surface area contributed by atoms with Crippen LogP contribution in [0.4, 0.5) is 12.0 Å². The average Bonchev–Trinajstić information content (AvgIpc) is 3.75. The zero-order valence-corrected chi connectivity index (χ0v) is 31.8. The Morgan fingerprint density at radius 1 is 0.481 bits per heavy atom. The fourth-order valence-electron chi connectivity index (χ4n) is 6.60. The number of amides is 2. The van der Waals surface area contributed by atoms with Crippen molar-refractivity contribution in [2.75, 3.05) is 24.7 Å². The molecule has 0 spiro atoms. The van der Waals surface area contributed by atoms with Gasteiger partial charge in [-0.05, 0) is 51.4 Å². The molecule has 8 N–H and O–H groups in total. The molecular formula is C38H70N8O6. The molecule has 2 heterocycles. The van der Waals surface area contributed by atoms with Crippen molar-refractivity contribution in [2.45, 2.75) is 192 Å². The first-order valence-corrected chi connectivity index (χ1v) is 20.4. The van der Waals surface area contributed by atoms with E-state index in [1.54, 1.807) is 0 Å². The van der Waals surface area contributed by atoms with Crippen molar-refractivity contribution in [2.24, 2.45) is 0 Å². The minimum absolute atomic E-state index is 0.0529. The number of unbranched alkanes of at least 4 members (excludes halogenated alkanes) is 16. The van der Waals surface area contributed by atoms with Crippen molar-refractivity contribution < 1.29 is 28.6 Å². The Hall–Kier alpha value is -3.26. The van der Waals surface area contributed by atoms with E-state index in [2.05, 4.69) is 31.0 Å². The molecule has 0 aliphatic rings. The van der Waals surface area contributed by atoms with Gasteiger partial charge >= 0.3 is 12.0 Å². The fraction of sp³-hybridized carbons (Fsp3) is 0.842. The Morgan fingerprint density at radius 3 is 1.10 bits per heavy atom. The largest absolute Gasteiger partial charge is 0.408 e. The van der Waals surface area contributed by atoms with Crippen LogP contribution >= 0.6 is 0 Å². The van der Waals surface area contributed by atoms with Gasteiger partial charge in [-0.25, -0.2) is 0 Å². The summed E-state index contributed by atoms with van der Waals surface area (Å²) in [5.41, 5.74) is 11.0. The molecule has 2 amide bonds. The van der Waals surface area contributed by atoms with E-state index in [0.717, 1.165) is 167 Å². The molecule has 2 rings (SSSR count). The lowest BCUT2D eigenvalue weighted by Gasteiger charge is -2.20. The number of rotatable bonds is 35. The van der Waals surface area contributed by atoms with Crippen molar-refractivity contribution in [1.29, 1.82) is 0 Å². The maximum atomic E-state index is 13.0. The first-order valence-electron chi connectivity index (χ1n) is 20.4. The quantitative estimate of drug-likeness (QED) is 0.0417. The summed E-state index contributed by atoms with van der Waals surface area (Å²) in [6.45, 7) is 0.477. The molecule has 2 atom stereocenters. The Labute approximate surface area is 311 Å². The van der Waals surface area contributed by atoms with E-state index in [0.29, 0.717) is 11.8 Å². The summed E-state index contributed by atoms with van der Waals surface area (Å²) in [5, 5.41) is 39.8. The highest BCUT2D eigenvalue weighted by Crippen LogP contribution is 2.17. The van der Waals surface area contributed by atoms with Gasteiger partial charge in [0, 0.05) is 51.0 Å². The van der Waals surface area contributed by atoms with Crippen LogP contribution in [-0.2, 0) is 22.4 Å². The van der Waals surface area contributed by atoms with E-state index in [-0.39, 0.29) is 62.0 Å². The third-order valence-corrected chi connectivity index (χ3v) is 9.58. The third kappa shape index (κ3) is 24.1. The van der Waals surface area contributed by atoms with Gasteiger partial charge < -0.3 is 41.1 Å². The van der Waals surface area contributed by atoms with Crippen LogP contribution in [0, 0.1) is 0 Å². The predicted molar refractivity (Wildman–Crippen MR) is 203 cm³/mol. The van der Waals surface area contributed by atoms with Gasteiger partial charge in [0.05, 0.1) is 0 Å². The van der Waals surface area contributed by atoms with E-state index in [1.165, 1.54) is 0 Å². The van der Waals surface area contributed by atoms with Crippen LogP contribution in [0.15, 0.2) is 8.83 Å². The van der Waals surface area contributed by atoms with Gasteiger partial charge in [0.2, 0.25) is 23.6 Å². The standard InChI is InChI=1S/C38H70N8O6/c39-37-45-43-35(51-37)25-17-9-1-5-13-21-31(23-15-7-3-11-19-29-47)41-33(49)27-28-34(50)42-32(24-16-8-4-12-20-30-48)22-14-6-2-10-18-26-36-44-46-38(40)52-36/h31-32,47-48H,1-30H2,(H2,39,45)(H2,40,46)(H,41,49)(H,42,50). The molecule has 0 aliphatic carbocycles. The monoisotopic (exact) mass is 735 g/mol. The predicted octanol–water partition coefficient (Wildman–Crippen LogP) is 6.50. The normalized spacial score (nSPS) is 12.6. The molecule has 14 heteroatoms. The number of carbonyl (C=O) groups excluding carboxylic acids is 2. The minimum Gasteiger partial charge on any atom is -0.408 e. The zero-order valence-electron chi connectivity index (χ0n) is 31.8. The minimum atomic E-state index is -0.0529. The van der Waals surface area contributed by atoms with E-state index in [9.17, 15) is 9.59 Å². The molecule has 0 radical (unpaired) electrons. The number of aliphatic hydroxyl groups is 2. The van der Waals surface area contributed by atoms with Gasteiger partial charge in [-0.2, -0.15) is 0 Å². The van der Waals surface area contributed by atoms with Crippen molar-refractivity contribution >= 4 is 23.8 Å². The Kier molecular flexibility index (Phi) is 26.1. The van der Waals surface area contributed by atoms with Crippen molar-refractivity contribution in [3.8, 4) is 0 Å². The highest BCUT2D eigenvalue weighted by molar-refractivity contribution is 5.83. The number of anilines is 2. The second-order valence-corrected chi connectivity index (χ2v) is 14.3. The molecule has 0 aromatic carbocycles. The van der Waals surface area contributed by atoms with E-state index in [1.807, 2.05) is 0 Å². The van der Waals surface area contributed by atoms with Crippen LogP contribution in [0.25, 0.3) is 0 Å². The van der Waals surface area contributed by atoms with Crippen LogP contribution in [0.1, 0.15) is 179 Å². The van der Waals surface area contributed by atoms with Crippen LogP contribution in [0.2, 0.25) is 0 Å². The molecule has 0 fully saturated rings. The van der Waals surface area contributed by atoms with E-state index < -0.39 is 0 Å². The van der Waals surface area contributed by atoms with Gasteiger partial charge in [-0.1, -0.05) is 113 Å². The van der Waals surface area contributed by atoms with Crippen LogP contribution < -0.4 is 22.1 Å². The summed E-state index contributed by atoms with van der Waals surface area (Å²) in [7, 11) is 0. The number of aromatic nitrogens is 4. The number of nitrogen functional groups attached to an aromatic ring is 2. The summed E-state index contributed by atoms with van der Waals surface area (Å²) in [6, 6.07) is 0.438. The maximum absolute atomic E-state index is 13.0. The molecule has 0 aliphatic heterocycles. The van der Waals surface area contributed by atoms with E-state index >= 15 is 0 Å². The van der Waals surface area contributed by atoms with Gasteiger partial charge in [0.15, 0.2) is 0 Å². The fourth-order valence-corrected chi connectivity index (χ4v) is 6.60. The number of carbonyl (C=O) groups is 2. The number of hydrogen-bond donors (Lipinski definition) is 6. The second-order valence-electron chi connectivity index (χ2n) is 14.3. The third-order valence-electron chi connectivity index (χ3n) is 9.58. The Balaban J connectivity index is 1.71. The van der Waals surface area contributed by atoms with Gasteiger partial charge in [0.1, 0.15) is 0 Å². The average molecular weight is 735 g/mol. The summed E-state index contributed by atoms with van der Waals surface area (Å²) >= 11 is 0. The number of aryl methyl sites for hydroxylation is 2. The molecular weight excluding hydrogens is 664 g/mol. The van der Waals surface area contributed by atoms with Crippen LogP contribution in [0.5, 0.6) is 0 Å². The lowest BCUT2D eigenvalue weighted by Crippen LogP contribution is -2.38. The smallest absolute Gasteiger partial charge is 0.312 e. The summed E-state index contributed by atoms with van der Waals surface area (Å²) < 4.78 is 10.5.